The lowest BCUT2D eigenvalue weighted by Gasteiger charge is -2.39. The third-order valence-electron chi connectivity index (χ3n) is 6.44. The number of ketones is 2. The second kappa shape index (κ2) is 5.51. The van der Waals surface area contributed by atoms with Crippen molar-refractivity contribution >= 4 is 17.1 Å². The summed E-state index contributed by atoms with van der Waals surface area (Å²) >= 11 is 0. The summed E-state index contributed by atoms with van der Waals surface area (Å²) in [6.45, 7) is 12.3. The van der Waals surface area contributed by atoms with Crippen molar-refractivity contribution in [3.05, 3.63) is 75.9 Å². The van der Waals surface area contributed by atoms with Gasteiger partial charge in [-0.15, -0.1) is 0 Å². The molecule has 0 radical (unpaired) electrons. The van der Waals surface area contributed by atoms with Crippen LogP contribution in [-0.2, 0) is 11.2 Å². The summed E-state index contributed by atoms with van der Waals surface area (Å²) in [6, 6.07) is 9.84. The molecule has 2 aromatic rings. The topological polar surface area (TPSA) is 34.1 Å². The van der Waals surface area contributed by atoms with Gasteiger partial charge in [-0.2, -0.15) is 0 Å². The van der Waals surface area contributed by atoms with Crippen molar-refractivity contribution in [2.24, 2.45) is 5.41 Å². The summed E-state index contributed by atoms with van der Waals surface area (Å²) < 4.78 is 0. The van der Waals surface area contributed by atoms with Crippen molar-refractivity contribution in [3.8, 4) is 0 Å². The van der Waals surface area contributed by atoms with Crippen LogP contribution in [0.3, 0.4) is 0 Å². The van der Waals surface area contributed by atoms with Gasteiger partial charge in [0.15, 0.2) is 5.78 Å². The zero-order valence-corrected chi connectivity index (χ0v) is 15.9. The van der Waals surface area contributed by atoms with Crippen LogP contribution in [0, 0.1) is 12.3 Å². The summed E-state index contributed by atoms with van der Waals surface area (Å²) in [5, 5.41) is 0. The van der Waals surface area contributed by atoms with Crippen molar-refractivity contribution in [3.63, 3.8) is 0 Å². The minimum Gasteiger partial charge on any atom is -0.299 e. The van der Waals surface area contributed by atoms with E-state index in [1.54, 1.807) is 6.92 Å². The molecule has 0 bridgehead atoms. The highest BCUT2D eigenvalue weighted by molar-refractivity contribution is 6.19. The smallest absolute Gasteiger partial charge is 0.194 e. The molecule has 26 heavy (non-hydrogen) atoms. The average molecular weight is 344 g/mol. The summed E-state index contributed by atoms with van der Waals surface area (Å²) in [5.41, 5.74) is 7.49. The minimum atomic E-state index is -0.328. The fourth-order valence-corrected chi connectivity index (χ4v) is 5.03. The Hall–Kier alpha value is -2.48. The fourth-order valence-electron chi connectivity index (χ4n) is 5.03. The van der Waals surface area contributed by atoms with E-state index in [9.17, 15) is 9.59 Å². The zero-order valence-electron chi connectivity index (χ0n) is 15.9. The number of Topliss-reactive ketones (excluding diaryl/α,β-unsaturated/α-hetero) is 1. The van der Waals surface area contributed by atoms with Gasteiger partial charge in [0.1, 0.15) is 5.78 Å². The number of fused-ring (bicyclic) bond motifs is 3. The van der Waals surface area contributed by atoms with E-state index in [1.165, 1.54) is 11.1 Å². The van der Waals surface area contributed by atoms with E-state index in [0.29, 0.717) is 0 Å². The molecule has 0 fully saturated rings. The van der Waals surface area contributed by atoms with Crippen LogP contribution < -0.4 is 0 Å². The van der Waals surface area contributed by atoms with E-state index >= 15 is 0 Å². The number of hydrogen-bond donors (Lipinski definition) is 0. The Kier molecular flexibility index (Phi) is 3.59. The molecule has 2 atom stereocenters. The number of carbonyl (C=O) groups excluding carboxylic acids is 2. The van der Waals surface area contributed by atoms with Crippen LogP contribution in [-0.4, -0.2) is 11.6 Å². The van der Waals surface area contributed by atoms with E-state index in [1.807, 2.05) is 24.3 Å². The van der Waals surface area contributed by atoms with E-state index < -0.39 is 0 Å². The van der Waals surface area contributed by atoms with E-state index in [4.69, 9.17) is 0 Å². The van der Waals surface area contributed by atoms with Crippen LogP contribution in [0.1, 0.15) is 76.8 Å². The Morgan fingerprint density at radius 2 is 1.85 bits per heavy atom. The van der Waals surface area contributed by atoms with E-state index in [2.05, 4.69) is 33.4 Å². The van der Waals surface area contributed by atoms with Gasteiger partial charge in [0.25, 0.3) is 0 Å². The molecule has 0 heterocycles. The van der Waals surface area contributed by atoms with Gasteiger partial charge in [0, 0.05) is 16.5 Å². The van der Waals surface area contributed by atoms with Gasteiger partial charge in [-0.1, -0.05) is 50.8 Å². The van der Waals surface area contributed by atoms with E-state index in [-0.39, 0.29) is 22.9 Å². The number of carbonyl (C=O) groups is 2. The maximum Gasteiger partial charge on any atom is 0.194 e. The van der Waals surface area contributed by atoms with Crippen molar-refractivity contribution < 1.29 is 9.59 Å². The molecule has 0 aromatic heterocycles. The Morgan fingerprint density at radius 3 is 2.50 bits per heavy atom. The molecule has 132 valence electrons. The molecule has 2 aliphatic rings. The zero-order chi connectivity index (χ0) is 18.8. The van der Waals surface area contributed by atoms with Crippen LogP contribution in [0.2, 0.25) is 0 Å². The number of rotatable bonds is 1. The molecule has 4 rings (SSSR count). The first-order valence-corrected chi connectivity index (χ1v) is 9.25. The second-order valence-corrected chi connectivity index (χ2v) is 8.25. The van der Waals surface area contributed by atoms with Gasteiger partial charge in [0.05, 0.1) is 0 Å². The second-order valence-electron chi connectivity index (χ2n) is 8.25. The predicted octanol–water partition coefficient (Wildman–Crippen LogP) is 5.25. The van der Waals surface area contributed by atoms with Gasteiger partial charge >= 0.3 is 0 Å². The highest BCUT2D eigenvalue weighted by Gasteiger charge is 2.40. The largest absolute Gasteiger partial charge is 0.299 e. The van der Waals surface area contributed by atoms with Crippen molar-refractivity contribution in [1.82, 2.24) is 0 Å². The molecule has 0 saturated carbocycles. The molecule has 2 heteroatoms. The molecular formula is C24H24O2. The first kappa shape index (κ1) is 17.0. The van der Waals surface area contributed by atoms with Gasteiger partial charge in [-0.05, 0) is 66.0 Å². The lowest BCUT2D eigenvalue weighted by Crippen LogP contribution is -2.35. The lowest BCUT2D eigenvalue weighted by atomic mass is 9.64. The third kappa shape index (κ3) is 2.18. The maximum absolute atomic E-state index is 13.2. The van der Waals surface area contributed by atoms with Gasteiger partial charge < -0.3 is 0 Å². The van der Waals surface area contributed by atoms with Crippen LogP contribution in [0.4, 0.5) is 0 Å². The van der Waals surface area contributed by atoms with Crippen LogP contribution >= 0.6 is 0 Å². The highest BCUT2D eigenvalue weighted by Crippen LogP contribution is 2.47. The van der Waals surface area contributed by atoms with Crippen LogP contribution in [0.15, 0.2) is 36.9 Å². The Bertz CT molecular complexity index is 996. The molecule has 0 amide bonds. The Labute approximate surface area is 154 Å². The molecule has 2 unspecified atom stereocenters. The number of hydrogen-bond acceptors (Lipinski definition) is 2. The monoisotopic (exact) mass is 344 g/mol. The summed E-state index contributed by atoms with van der Waals surface area (Å²) in [5.74, 6) is 0.595. The molecular weight excluding hydrogens is 320 g/mol. The maximum atomic E-state index is 13.2. The average Bonchev–Trinajstić information content (AvgIpc) is 2.58. The van der Waals surface area contributed by atoms with Crippen molar-refractivity contribution in [2.45, 2.75) is 46.5 Å². The highest BCUT2D eigenvalue weighted by atomic mass is 16.1. The number of benzene rings is 2. The van der Waals surface area contributed by atoms with Gasteiger partial charge in [0.2, 0.25) is 0 Å². The lowest BCUT2D eigenvalue weighted by molar-refractivity contribution is -0.126. The van der Waals surface area contributed by atoms with Crippen molar-refractivity contribution in [2.75, 3.05) is 0 Å². The molecule has 0 spiro atoms. The molecule has 2 aromatic carbocycles. The SMILES string of the molecule is C=C1c2ccccc2C(=O)c2c1cc1c(c2C)C(C)CC(C)(C(C)=O)C1. The molecule has 0 saturated heterocycles. The molecule has 0 aliphatic heterocycles. The fraction of sp³-hybridized carbons (Fsp3) is 0.333. The Morgan fingerprint density at radius 1 is 1.19 bits per heavy atom. The normalized spacial score (nSPS) is 23.9. The quantitative estimate of drug-likeness (QED) is 0.604. The van der Waals surface area contributed by atoms with Crippen molar-refractivity contribution in [1.29, 1.82) is 0 Å². The first-order chi connectivity index (χ1) is 12.2. The standard InChI is InChI=1S/C24H24O2/c1-13-11-24(5,16(4)25)12-17-10-20-14(2)18-8-6-7-9-19(18)23(26)22(20)15(3)21(13)17/h6-10,13H,2,11-12H2,1,3-5H3. The van der Waals surface area contributed by atoms with Gasteiger partial charge in [-0.25, -0.2) is 0 Å². The molecule has 2 aliphatic carbocycles. The summed E-state index contributed by atoms with van der Waals surface area (Å²) in [6.07, 6.45) is 1.57. The minimum absolute atomic E-state index is 0.0930. The summed E-state index contributed by atoms with van der Waals surface area (Å²) in [4.78, 5) is 25.5. The predicted molar refractivity (Wildman–Crippen MR) is 105 cm³/mol. The van der Waals surface area contributed by atoms with E-state index in [0.717, 1.165) is 46.2 Å². The summed E-state index contributed by atoms with van der Waals surface area (Å²) in [7, 11) is 0. The Balaban J connectivity index is 1.97. The van der Waals surface area contributed by atoms with Crippen LogP contribution in [0.25, 0.3) is 5.57 Å². The third-order valence-corrected chi connectivity index (χ3v) is 6.44. The van der Waals surface area contributed by atoms with Gasteiger partial charge in [-0.3, -0.25) is 9.59 Å². The first-order valence-electron chi connectivity index (χ1n) is 9.25. The van der Waals surface area contributed by atoms with Crippen LogP contribution in [0.5, 0.6) is 0 Å². The molecule has 2 nitrogen and oxygen atoms in total. The molecule has 0 N–H and O–H groups in total.